The van der Waals surface area contributed by atoms with Gasteiger partial charge in [0.25, 0.3) is 5.43 Å². The molecule has 1 saturated heterocycles. The van der Waals surface area contributed by atoms with E-state index in [1.807, 2.05) is 11.9 Å². The molecular formula is C15H15Cl2N3O5S. The van der Waals surface area contributed by atoms with E-state index in [2.05, 4.69) is 5.32 Å². The van der Waals surface area contributed by atoms with Crippen molar-refractivity contribution >= 4 is 44.6 Å². The van der Waals surface area contributed by atoms with Crippen LogP contribution in [-0.4, -0.2) is 56.0 Å². The van der Waals surface area contributed by atoms with Crippen molar-refractivity contribution in [3.63, 3.8) is 0 Å². The highest BCUT2D eigenvalue weighted by atomic mass is 35.5. The lowest BCUT2D eigenvalue weighted by Gasteiger charge is -2.32. The predicted molar refractivity (Wildman–Crippen MR) is 99.0 cm³/mol. The van der Waals surface area contributed by atoms with Crippen LogP contribution in [0, 0.1) is 0 Å². The Morgan fingerprint density at radius 3 is 2.27 bits per heavy atom. The van der Waals surface area contributed by atoms with Gasteiger partial charge in [0.2, 0.25) is 15.5 Å². The minimum Gasteiger partial charge on any atom is -0.504 e. The molecule has 11 heteroatoms. The molecule has 0 aromatic heterocycles. The highest BCUT2D eigenvalue weighted by molar-refractivity contribution is 7.89. The summed E-state index contributed by atoms with van der Waals surface area (Å²) in [4.78, 5) is 24.2. The maximum Gasteiger partial charge on any atom is 0.252 e. The Morgan fingerprint density at radius 2 is 1.69 bits per heavy atom. The fourth-order valence-electron chi connectivity index (χ4n) is 2.66. The fraction of sp³-hybridized carbons (Fsp3) is 0.333. The minimum atomic E-state index is -4.05. The molecule has 2 aromatic carbocycles. The van der Waals surface area contributed by atoms with Crippen molar-refractivity contribution in [1.29, 1.82) is 0 Å². The summed E-state index contributed by atoms with van der Waals surface area (Å²) in [6.45, 7) is 1.62. The van der Waals surface area contributed by atoms with Gasteiger partial charge in [-0.3, -0.25) is 9.59 Å². The van der Waals surface area contributed by atoms with Gasteiger partial charge in [0.15, 0.2) is 5.75 Å². The molecule has 0 radical (unpaired) electrons. The molecule has 140 valence electrons. The number of anilines is 2. The number of likely N-dealkylation sites (N-methyl/N-ethyl adjacent to an activating group) is 1. The molecule has 1 fully saturated rings. The first kappa shape index (κ1) is 19.1. The largest absolute Gasteiger partial charge is 0.504 e. The summed E-state index contributed by atoms with van der Waals surface area (Å²) in [6, 6.07) is 2.58. The van der Waals surface area contributed by atoms with E-state index in [1.165, 1.54) is 16.4 Å². The number of hydrogen-bond donors (Lipinski definition) is 2. The van der Waals surface area contributed by atoms with Crippen LogP contribution in [0.3, 0.4) is 0 Å². The van der Waals surface area contributed by atoms with Crippen LogP contribution in [0.2, 0.25) is 10.0 Å². The van der Waals surface area contributed by atoms with Gasteiger partial charge in [0, 0.05) is 26.2 Å². The molecule has 0 atom stereocenters. The third-order valence-electron chi connectivity index (χ3n) is 4.26. The van der Waals surface area contributed by atoms with Gasteiger partial charge in [0.1, 0.15) is 15.6 Å². The second-order valence-corrected chi connectivity index (χ2v) is 8.61. The Kier molecular flexibility index (Phi) is 5.02. The molecule has 1 aliphatic heterocycles. The zero-order valence-corrected chi connectivity index (χ0v) is 16.0. The van der Waals surface area contributed by atoms with Crippen LogP contribution in [0.5, 0.6) is 5.75 Å². The lowest BCUT2D eigenvalue weighted by Crippen LogP contribution is -2.47. The average Bonchev–Trinajstić information content (AvgIpc) is 2.60. The summed E-state index contributed by atoms with van der Waals surface area (Å²) < 4.78 is 27.1. The monoisotopic (exact) mass is 419 g/mol. The van der Waals surface area contributed by atoms with Crippen molar-refractivity contribution in [3.8, 4) is 5.75 Å². The van der Waals surface area contributed by atoms with Gasteiger partial charge in [0.05, 0.1) is 10.7 Å². The maximum absolute atomic E-state index is 12.9. The summed E-state index contributed by atoms with van der Waals surface area (Å²) in [5.74, 6) is -0.638. The van der Waals surface area contributed by atoms with Crippen LogP contribution in [0.15, 0.2) is 26.6 Å². The Balaban J connectivity index is 2.00. The number of hydrogen-bond acceptors (Lipinski definition) is 7. The van der Waals surface area contributed by atoms with Gasteiger partial charge >= 0.3 is 0 Å². The maximum atomic E-state index is 12.9. The van der Waals surface area contributed by atoms with Gasteiger partial charge in [-0.15, -0.1) is 0 Å². The number of aromatic hydroxyl groups is 1. The fourth-order valence-corrected chi connectivity index (χ4v) is 4.90. The van der Waals surface area contributed by atoms with Crippen LogP contribution < -0.4 is 16.2 Å². The van der Waals surface area contributed by atoms with Gasteiger partial charge in [-0.25, -0.2) is 8.42 Å². The molecule has 0 aliphatic carbocycles. The lowest BCUT2D eigenvalue weighted by atomic mass is 10.2. The summed E-state index contributed by atoms with van der Waals surface area (Å²) >= 11 is 11.7. The molecule has 8 nitrogen and oxygen atoms in total. The van der Waals surface area contributed by atoms with E-state index in [4.69, 9.17) is 23.2 Å². The van der Waals surface area contributed by atoms with Gasteiger partial charge < -0.3 is 15.3 Å². The Morgan fingerprint density at radius 1 is 1.08 bits per heavy atom. The van der Waals surface area contributed by atoms with E-state index >= 15 is 0 Å². The number of phenolic OH excluding ortho intramolecular Hbond substituents is 1. The Bertz CT molecular complexity index is 1040. The third-order valence-corrected chi connectivity index (χ3v) is 7.02. The lowest BCUT2D eigenvalue weighted by molar-refractivity contribution is 0.222. The minimum absolute atomic E-state index is 0.0869. The third kappa shape index (κ3) is 3.10. The molecule has 0 spiro atoms. The molecule has 1 aliphatic rings. The van der Waals surface area contributed by atoms with Crippen molar-refractivity contribution in [3.05, 3.63) is 42.6 Å². The van der Waals surface area contributed by atoms with Crippen LogP contribution >= 0.6 is 23.2 Å². The number of nitrogens with one attached hydrogen (secondary N) is 1. The van der Waals surface area contributed by atoms with E-state index in [1.54, 1.807) is 0 Å². The summed E-state index contributed by atoms with van der Waals surface area (Å²) in [5.41, 5.74) is -1.96. The van der Waals surface area contributed by atoms with Crippen molar-refractivity contribution in [1.82, 2.24) is 9.21 Å². The smallest absolute Gasteiger partial charge is 0.252 e. The molecule has 0 unspecified atom stereocenters. The van der Waals surface area contributed by atoms with Crippen LogP contribution in [0.4, 0.5) is 11.4 Å². The number of nitrogens with zero attached hydrogens (tertiary/aromatic N) is 2. The normalized spacial score (nSPS) is 16.9. The highest BCUT2D eigenvalue weighted by Gasteiger charge is 2.33. The van der Waals surface area contributed by atoms with Crippen molar-refractivity contribution in [2.45, 2.75) is 4.90 Å². The number of halogens is 2. The topological polar surface area (TPSA) is 107 Å². The zero-order chi connectivity index (χ0) is 19.2. The number of rotatable bonds is 4. The molecule has 0 bridgehead atoms. The van der Waals surface area contributed by atoms with Crippen molar-refractivity contribution < 1.29 is 13.5 Å². The summed E-state index contributed by atoms with van der Waals surface area (Å²) in [7, 11) is -2.17. The van der Waals surface area contributed by atoms with Crippen LogP contribution in [-0.2, 0) is 10.0 Å². The second-order valence-electron chi connectivity index (χ2n) is 5.95. The Labute approximate surface area is 159 Å². The number of piperazine rings is 1. The zero-order valence-electron chi connectivity index (χ0n) is 13.6. The van der Waals surface area contributed by atoms with Gasteiger partial charge in [-0.2, -0.15) is 4.31 Å². The van der Waals surface area contributed by atoms with E-state index in [-0.39, 0.29) is 34.5 Å². The van der Waals surface area contributed by atoms with E-state index in [9.17, 15) is 23.1 Å². The molecule has 26 heavy (non-hydrogen) atoms. The predicted octanol–water partition coefficient (Wildman–Crippen LogP) is 0.975. The first-order chi connectivity index (χ1) is 12.1. The van der Waals surface area contributed by atoms with Crippen molar-refractivity contribution in [2.75, 3.05) is 38.5 Å². The van der Waals surface area contributed by atoms with E-state index in [0.29, 0.717) is 13.1 Å². The first-order valence-corrected chi connectivity index (χ1v) is 9.80. The van der Waals surface area contributed by atoms with E-state index < -0.39 is 31.5 Å². The van der Waals surface area contributed by atoms with Crippen LogP contribution in [0.1, 0.15) is 0 Å². The first-order valence-electron chi connectivity index (χ1n) is 7.60. The molecule has 0 saturated carbocycles. The second kappa shape index (κ2) is 6.82. The van der Waals surface area contributed by atoms with Crippen molar-refractivity contribution in [2.24, 2.45) is 0 Å². The number of benzene rings is 1. The molecule has 2 aromatic rings. The average molecular weight is 420 g/mol. The molecule has 2 N–H and O–H groups in total. The molecule has 3 rings (SSSR count). The SMILES string of the molecule is CN1CCN(S(=O)(=O)c2c(Cl)ccc(Nc3c(Cl)c(=O)c3=O)c2O)CC1. The van der Waals surface area contributed by atoms with E-state index in [0.717, 1.165) is 0 Å². The van der Waals surface area contributed by atoms with Gasteiger partial charge in [-0.1, -0.05) is 23.2 Å². The van der Waals surface area contributed by atoms with Crippen LogP contribution in [0.25, 0.3) is 0 Å². The highest BCUT2D eigenvalue weighted by Crippen LogP contribution is 2.40. The molecule has 1 heterocycles. The quantitative estimate of drug-likeness (QED) is 0.561. The molecule has 0 amide bonds. The van der Waals surface area contributed by atoms with Gasteiger partial charge in [-0.05, 0) is 19.2 Å². The summed E-state index contributed by atoms with van der Waals surface area (Å²) in [5, 5.41) is 12.5. The molecular weight excluding hydrogens is 405 g/mol. The summed E-state index contributed by atoms with van der Waals surface area (Å²) in [6.07, 6.45) is 0. The number of phenols is 1. The number of sulfonamides is 1. The standard InChI is InChI=1S/C15H15Cl2N3O5S/c1-19-4-6-20(7-5-19)26(24,25)15-8(16)2-3-9(12(15)21)18-11-10(17)13(22)14(11)23/h2-3,18,21H,4-7H2,1H3. The Hall–Kier alpha value is -1.65.